The molecule has 0 fully saturated rings. The highest BCUT2D eigenvalue weighted by Gasteiger charge is 2.31. The van der Waals surface area contributed by atoms with Crippen LogP contribution >= 0.6 is 0 Å². The summed E-state index contributed by atoms with van der Waals surface area (Å²) in [6.07, 6.45) is 5.11. The molecule has 1 aromatic heterocycles. The Kier molecular flexibility index (Phi) is 6.40. The van der Waals surface area contributed by atoms with E-state index in [0.29, 0.717) is 25.5 Å². The molecule has 0 aliphatic rings. The smallest absolute Gasteiger partial charge is 0.170 e. The summed E-state index contributed by atoms with van der Waals surface area (Å²) >= 11 is 0. The normalized spacial score (nSPS) is 14.5. The number of nitrogens with zero attached hydrogens (tertiary/aromatic N) is 2. The summed E-state index contributed by atoms with van der Waals surface area (Å²) in [5.41, 5.74) is 0.147. The van der Waals surface area contributed by atoms with Gasteiger partial charge in [0.2, 0.25) is 0 Å². The fourth-order valence-corrected chi connectivity index (χ4v) is 2.39. The lowest BCUT2D eigenvalue weighted by Crippen LogP contribution is -2.39. The van der Waals surface area contributed by atoms with Crippen molar-refractivity contribution in [3.8, 4) is 0 Å². The van der Waals surface area contributed by atoms with E-state index in [4.69, 9.17) is 4.74 Å². The third-order valence-corrected chi connectivity index (χ3v) is 4.05. The Labute approximate surface area is 122 Å². The molecule has 1 rings (SSSR count). The van der Waals surface area contributed by atoms with E-state index < -0.39 is 5.60 Å². The molecule has 0 radical (unpaired) electrons. The second-order valence-corrected chi connectivity index (χ2v) is 5.37. The van der Waals surface area contributed by atoms with Crippen LogP contribution < -0.4 is 0 Å². The van der Waals surface area contributed by atoms with Crippen molar-refractivity contribution in [1.29, 1.82) is 0 Å². The Morgan fingerprint density at radius 3 is 2.50 bits per heavy atom. The summed E-state index contributed by atoms with van der Waals surface area (Å²) in [6, 6.07) is 2.36. The summed E-state index contributed by atoms with van der Waals surface area (Å²) in [7, 11) is 0. The predicted molar refractivity (Wildman–Crippen MR) is 80.9 cm³/mol. The first-order valence-electron chi connectivity index (χ1n) is 7.71. The zero-order valence-electron chi connectivity index (χ0n) is 13.5. The van der Waals surface area contributed by atoms with Crippen LogP contribution in [-0.2, 0) is 16.0 Å². The van der Waals surface area contributed by atoms with E-state index in [1.165, 1.54) is 0 Å². The molecule has 4 heteroatoms. The van der Waals surface area contributed by atoms with Crippen LogP contribution in [0.1, 0.15) is 65.6 Å². The topological polar surface area (TPSA) is 44.1 Å². The van der Waals surface area contributed by atoms with Crippen LogP contribution in [0.5, 0.6) is 0 Å². The van der Waals surface area contributed by atoms with E-state index >= 15 is 0 Å². The molecule has 1 unspecified atom stereocenters. The summed E-state index contributed by atoms with van der Waals surface area (Å²) in [6.45, 7) is 10.6. The second kappa shape index (κ2) is 7.58. The van der Waals surface area contributed by atoms with Gasteiger partial charge in [-0.15, -0.1) is 0 Å². The highest BCUT2D eigenvalue weighted by molar-refractivity contribution is 5.88. The number of rotatable bonds is 9. The minimum absolute atomic E-state index is 0.108. The Bertz CT molecular complexity index is 424. The Morgan fingerprint density at radius 1 is 1.35 bits per heavy atom. The van der Waals surface area contributed by atoms with Gasteiger partial charge in [0.1, 0.15) is 5.60 Å². The minimum Gasteiger partial charge on any atom is -0.368 e. The molecular weight excluding hydrogens is 252 g/mol. The molecule has 1 aromatic rings. The van der Waals surface area contributed by atoms with Gasteiger partial charge in [-0.2, -0.15) is 5.10 Å². The van der Waals surface area contributed by atoms with E-state index in [1.807, 2.05) is 37.7 Å². The van der Waals surface area contributed by atoms with Gasteiger partial charge < -0.3 is 4.74 Å². The minimum atomic E-state index is -0.687. The number of ether oxygens (including phenoxy) is 1. The molecule has 0 aliphatic heterocycles. The molecular formula is C16H28N2O2. The number of Topliss-reactive ketones (excluding diaryl/α,β-unsaturated/α-hetero) is 1. The van der Waals surface area contributed by atoms with E-state index in [-0.39, 0.29) is 5.78 Å². The maximum atomic E-state index is 12.4. The van der Waals surface area contributed by atoms with Crippen LogP contribution in [0.2, 0.25) is 0 Å². The van der Waals surface area contributed by atoms with Crippen molar-refractivity contribution in [3.63, 3.8) is 0 Å². The van der Waals surface area contributed by atoms with Crippen LogP contribution in [0.25, 0.3) is 0 Å². The number of carbonyl (C=O) groups excluding carboxylic acids is 1. The van der Waals surface area contributed by atoms with Crippen LogP contribution in [0.3, 0.4) is 0 Å². The van der Waals surface area contributed by atoms with Gasteiger partial charge >= 0.3 is 0 Å². The number of hydrogen-bond donors (Lipinski definition) is 0. The van der Waals surface area contributed by atoms with Crippen molar-refractivity contribution in [2.45, 2.75) is 71.9 Å². The lowest BCUT2D eigenvalue weighted by molar-refractivity contribution is -0.141. The van der Waals surface area contributed by atoms with Crippen LogP contribution in [0.15, 0.2) is 12.3 Å². The lowest BCUT2D eigenvalue weighted by Gasteiger charge is -2.26. The fourth-order valence-electron chi connectivity index (χ4n) is 2.39. The SMILES string of the molecule is CCOC(C)(CC)C(=O)Cc1ccn(C(CC)CC)n1. The molecule has 114 valence electrons. The van der Waals surface area contributed by atoms with Crippen molar-refractivity contribution in [2.24, 2.45) is 0 Å². The molecule has 0 saturated heterocycles. The summed E-state index contributed by atoms with van der Waals surface area (Å²) in [5, 5.41) is 4.54. The van der Waals surface area contributed by atoms with Crippen molar-refractivity contribution in [1.82, 2.24) is 9.78 Å². The molecule has 0 spiro atoms. The first kappa shape index (κ1) is 16.9. The van der Waals surface area contributed by atoms with Gasteiger partial charge in [0.25, 0.3) is 0 Å². The van der Waals surface area contributed by atoms with Gasteiger partial charge in [-0.05, 0) is 39.2 Å². The van der Waals surface area contributed by atoms with Crippen LogP contribution in [-0.4, -0.2) is 27.8 Å². The number of hydrogen-bond acceptors (Lipinski definition) is 3. The number of aromatic nitrogens is 2. The lowest BCUT2D eigenvalue weighted by atomic mass is 9.94. The predicted octanol–water partition coefficient (Wildman–Crippen LogP) is 3.56. The zero-order valence-corrected chi connectivity index (χ0v) is 13.5. The first-order valence-corrected chi connectivity index (χ1v) is 7.71. The highest BCUT2D eigenvalue weighted by Crippen LogP contribution is 2.20. The van der Waals surface area contributed by atoms with Crippen molar-refractivity contribution < 1.29 is 9.53 Å². The monoisotopic (exact) mass is 280 g/mol. The molecule has 0 aromatic carbocycles. The van der Waals surface area contributed by atoms with Gasteiger partial charge in [-0.1, -0.05) is 20.8 Å². The maximum absolute atomic E-state index is 12.4. The van der Waals surface area contributed by atoms with E-state index in [2.05, 4.69) is 18.9 Å². The van der Waals surface area contributed by atoms with Gasteiger partial charge in [0.05, 0.1) is 18.2 Å². The molecule has 20 heavy (non-hydrogen) atoms. The molecule has 0 N–H and O–H groups in total. The summed E-state index contributed by atoms with van der Waals surface area (Å²) < 4.78 is 7.60. The Hall–Kier alpha value is -1.16. The molecule has 1 heterocycles. The fraction of sp³-hybridized carbons (Fsp3) is 0.750. The van der Waals surface area contributed by atoms with Gasteiger partial charge in [-0.25, -0.2) is 0 Å². The average molecular weight is 280 g/mol. The van der Waals surface area contributed by atoms with Crippen LogP contribution in [0.4, 0.5) is 0 Å². The molecule has 4 nitrogen and oxygen atoms in total. The summed E-state index contributed by atoms with van der Waals surface area (Å²) in [4.78, 5) is 12.4. The highest BCUT2D eigenvalue weighted by atomic mass is 16.5. The van der Waals surface area contributed by atoms with E-state index in [1.54, 1.807) is 0 Å². The molecule has 1 atom stereocenters. The molecule has 0 aliphatic carbocycles. The molecule has 0 saturated carbocycles. The van der Waals surface area contributed by atoms with Crippen molar-refractivity contribution >= 4 is 5.78 Å². The molecule has 0 bridgehead atoms. The average Bonchev–Trinajstić information content (AvgIpc) is 2.88. The van der Waals surface area contributed by atoms with Gasteiger partial charge in [0.15, 0.2) is 5.78 Å². The third kappa shape index (κ3) is 3.92. The Morgan fingerprint density at radius 2 is 2.00 bits per heavy atom. The summed E-state index contributed by atoms with van der Waals surface area (Å²) in [5.74, 6) is 0.108. The number of ketones is 1. The van der Waals surface area contributed by atoms with Crippen molar-refractivity contribution in [3.05, 3.63) is 18.0 Å². The van der Waals surface area contributed by atoms with Gasteiger partial charge in [0, 0.05) is 12.8 Å². The zero-order chi connectivity index (χ0) is 15.2. The first-order chi connectivity index (χ1) is 9.50. The van der Waals surface area contributed by atoms with E-state index in [0.717, 1.165) is 18.5 Å². The number of carbonyl (C=O) groups is 1. The third-order valence-electron chi connectivity index (χ3n) is 4.05. The van der Waals surface area contributed by atoms with E-state index in [9.17, 15) is 4.79 Å². The van der Waals surface area contributed by atoms with Crippen LogP contribution in [0, 0.1) is 0 Å². The Balaban J connectivity index is 2.76. The standard InChI is InChI=1S/C16H28N2O2/c1-6-14(7-2)18-11-10-13(17-18)12-15(19)16(5,8-3)20-9-4/h10-11,14H,6-9,12H2,1-5H3. The second-order valence-electron chi connectivity index (χ2n) is 5.37. The quantitative estimate of drug-likeness (QED) is 0.694. The largest absolute Gasteiger partial charge is 0.368 e. The van der Waals surface area contributed by atoms with Gasteiger partial charge in [-0.3, -0.25) is 9.48 Å². The maximum Gasteiger partial charge on any atom is 0.170 e. The van der Waals surface area contributed by atoms with Crippen molar-refractivity contribution in [2.75, 3.05) is 6.61 Å². The molecule has 0 amide bonds.